The molecule has 2 aromatic carbocycles. The van der Waals surface area contributed by atoms with Crippen LogP contribution in [0.4, 0.5) is 11.4 Å². The number of carbonyl (C=O) groups is 2. The molecule has 0 radical (unpaired) electrons. The minimum Gasteiger partial charge on any atom is -0.377 e. The fraction of sp³-hybridized carbons (Fsp3) is 0.300. The number of hydrogen-bond acceptors (Lipinski definition) is 3. The average molecular weight is 374 g/mol. The first-order chi connectivity index (χ1) is 12.4. The van der Waals surface area contributed by atoms with E-state index in [1.54, 1.807) is 41.3 Å². The smallest absolute Gasteiger partial charge is 0.257 e. The average Bonchev–Trinajstić information content (AvgIpc) is 2.62. The highest BCUT2D eigenvalue weighted by Crippen LogP contribution is 2.25. The van der Waals surface area contributed by atoms with Crippen molar-refractivity contribution in [2.24, 2.45) is 0 Å². The van der Waals surface area contributed by atoms with Crippen LogP contribution in [0.15, 0.2) is 42.5 Å². The number of rotatable bonds is 6. The molecule has 2 aromatic rings. The summed E-state index contributed by atoms with van der Waals surface area (Å²) in [6.45, 7) is 5.14. The Hall–Kier alpha value is -2.53. The zero-order chi connectivity index (χ0) is 19.3. The highest BCUT2D eigenvalue weighted by molar-refractivity contribution is 6.34. The summed E-state index contributed by atoms with van der Waals surface area (Å²) < 4.78 is 0. The summed E-state index contributed by atoms with van der Waals surface area (Å²) in [7, 11) is 3.77. The van der Waals surface area contributed by atoms with E-state index in [-0.39, 0.29) is 11.8 Å². The molecule has 0 aliphatic rings. The molecular weight excluding hydrogens is 350 g/mol. The normalized spacial score (nSPS) is 10.3. The fourth-order valence-electron chi connectivity index (χ4n) is 2.70. The number of anilines is 2. The lowest BCUT2D eigenvalue weighted by Crippen LogP contribution is -2.31. The molecule has 26 heavy (non-hydrogen) atoms. The van der Waals surface area contributed by atoms with E-state index in [9.17, 15) is 9.59 Å². The Morgan fingerprint density at radius 1 is 1.00 bits per heavy atom. The molecule has 0 aliphatic carbocycles. The Labute approximate surface area is 159 Å². The minimum atomic E-state index is -0.311. The van der Waals surface area contributed by atoms with Gasteiger partial charge in [-0.05, 0) is 44.2 Å². The second-order valence-electron chi connectivity index (χ2n) is 6.04. The van der Waals surface area contributed by atoms with Gasteiger partial charge in [-0.1, -0.05) is 23.7 Å². The molecule has 0 heterocycles. The van der Waals surface area contributed by atoms with Gasteiger partial charge in [-0.25, -0.2) is 0 Å². The van der Waals surface area contributed by atoms with Crippen LogP contribution in [0.25, 0.3) is 0 Å². The number of nitrogens with one attached hydrogen (secondary N) is 1. The zero-order valence-electron chi connectivity index (χ0n) is 15.5. The molecule has 138 valence electrons. The summed E-state index contributed by atoms with van der Waals surface area (Å²) in [6.07, 6.45) is 0. The number of benzene rings is 2. The predicted octanol–water partition coefficient (Wildman–Crippen LogP) is 4.14. The van der Waals surface area contributed by atoms with Crippen molar-refractivity contribution >= 4 is 34.8 Å². The second kappa shape index (κ2) is 8.72. The molecule has 1 N–H and O–H groups in total. The first-order valence-electron chi connectivity index (χ1n) is 8.55. The maximum atomic E-state index is 12.9. The van der Waals surface area contributed by atoms with Gasteiger partial charge in [0.15, 0.2) is 0 Å². The first kappa shape index (κ1) is 19.8. The SMILES string of the molecule is CCN(CC)C(=O)c1cc(NC(=O)c2ccccc2Cl)ccc1N(C)C. The minimum absolute atomic E-state index is 0.0625. The standard InChI is InChI=1S/C20H24ClN3O2/c1-5-24(6-2)20(26)16-13-14(11-12-18(16)23(3)4)22-19(25)15-9-7-8-10-17(15)21/h7-13H,5-6H2,1-4H3,(H,22,25). The van der Waals surface area contributed by atoms with Crippen molar-refractivity contribution in [1.29, 1.82) is 0 Å². The molecule has 5 nitrogen and oxygen atoms in total. The van der Waals surface area contributed by atoms with Crippen molar-refractivity contribution in [3.8, 4) is 0 Å². The van der Waals surface area contributed by atoms with Gasteiger partial charge < -0.3 is 15.1 Å². The van der Waals surface area contributed by atoms with Gasteiger partial charge in [0, 0.05) is 38.6 Å². The highest BCUT2D eigenvalue weighted by atomic mass is 35.5. The van der Waals surface area contributed by atoms with E-state index in [1.165, 1.54) is 0 Å². The summed E-state index contributed by atoms with van der Waals surface area (Å²) in [5, 5.41) is 3.21. The molecule has 0 unspecified atom stereocenters. The molecule has 2 amide bonds. The van der Waals surface area contributed by atoms with E-state index in [0.717, 1.165) is 5.69 Å². The monoisotopic (exact) mass is 373 g/mol. The van der Waals surface area contributed by atoms with Crippen molar-refractivity contribution in [3.63, 3.8) is 0 Å². The number of hydrogen-bond donors (Lipinski definition) is 1. The van der Waals surface area contributed by atoms with Crippen LogP contribution >= 0.6 is 11.6 Å². The summed E-state index contributed by atoms with van der Waals surface area (Å²) in [5.74, 6) is -0.373. The molecule has 0 aliphatic heterocycles. The van der Waals surface area contributed by atoms with E-state index in [2.05, 4.69) is 5.32 Å². The number of carbonyl (C=O) groups excluding carboxylic acids is 2. The molecule has 0 bridgehead atoms. The van der Waals surface area contributed by atoms with Gasteiger partial charge in [0.1, 0.15) is 0 Å². The number of amides is 2. The first-order valence-corrected chi connectivity index (χ1v) is 8.93. The molecule has 0 fully saturated rings. The van der Waals surface area contributed by atoms with E-state index in [0.29, 0.717) is 34.9 Å². The maximum Gasteiger partial charge on any atom is 0.257 e. The molecule has 0 atom stereocenters. The summed E-state index contributed by atoms with van der Waals surface area (Å²) in [5.41, 5.74) is 2.30. The molecule has 0 spiro atoms. The van der Waals surface area contributed by atoms with Crippen LogP contribution in [0.3, 0.4) is 0 Å². The van der Waals surface area contributed by atoms with Gasteiger partial charge in [0.05, 0.1) is 16.1 Å². The van der Waals surface area contributed by atoms with Crippen molar-refractivity contribution in [3.05, 3.63) is 58.6 Å². The Morgan fingerprint density at radius 3 is 2.23 bits per heavy atom. The molecular formula is C20H24ClN3O2. The Bertz CT molecular complexity index is 801. The van der Waals surface area contributed by atoms with Gasteiger partial charge in [-0.2, -0.15) is 0 Å². The quantitative estimate of drug-likeness (QED) is 0.827. The van der Waals surface area contributed by atoms with Gasteiger partial charge in [-0.15, -0.1) is 0 Å². The largest absolute Gasteiger partial charge is 0.377 e. The van der Waals surface area contributed by atoms with Crippen molar-refractivity contribution in [1.82, 2.24) is 4.90 Å². The van der Waals surface area contributed by atoms with E-state index >= 15 is 0 Å². The van der Waals surface area contributed by atoms with Crippen molar-refractivity contribution in [2.45, 2.75) is 13.8 Å². The lowest BCUT2D eigenvalue weighted by Gasteiger charge is -2.23. The molecule has 0 saturated carbocycles. The third-order valence-corrected chi connectivity index (χ3v) is 4.47. The van der Waals surface area contributed by atoms with Gasteiger partial charge >= 0.3 is 0 Å². The van der Waals surface area contributed by atoms with Crippen LogP contribution in [-0.2, 0) is 0 Å². The predicted molar refractivity (Wildman–Crippen MR) is 107 cm³/mol. The summed E-state index contributed by atoms with van der Waals surface area (Å²) in [6, 6.07) is 12.2. The van der Waals surface area contributed by atoms with Gasteiger partial charge in [0.2, 0.25) is 0 Å². The third kappa shape index (κ3) is 4.35. The summed E-state index contributed by atoms with van der Waals surface area (Å²) >= 11 is 6.08. The van der Waals surface area contributed by atoms with Gasteiger partial charge in [-0.3, -0.25) is 9.59 Å². The third-order valence-electron chi connectivity index (χ3n) is 4.14. The topological polar surface area (TPSA) is 52.7 Å². The van der Waals surface area contributed by atoms with E-state index in [1.807, 2.05) is 38.9 Å². The van der Waals surface area contributed by atoms with E-state index < -0.39 is 0 Å². The molecule has 6 heteroatoms. The fourth-order valence-corrected chi connectivity index (χ4v) is 2.92. The number of halogens is 1. The number of nitrogens with zero attached hydrogens (tertiary/aromatic N) is 2. The van der Waals surface area contributed by atoms with Crippen LogP contribution in [0.1, 0.15) is 34.6 Å². The Morgan fingerprint density at radius 2 is 1.65 bits per heavy atom. The second-order valence-corrected chi connectivity index (χ2v) is 6.44. The summed E-state index contributed by atoms with van der Waals surface area (Å²) in [4.78, 5) is 29.0. The van der Waals surface area contributed by atoms with Gasteiger partial charge in [0.25, 0.3) is 11.8 Å². The van der Waals surface area contributed by atoms with Crippen molar-refractivity contribution < 1.29 is 9.59 Å². The van der Waals surface area contributed by atoms with Crippen LogP contribution in [0.5, 0.6) is 0 Å². The highest BCUT2D eigenvalue weighted by Gasteiger charge is 2.19. The Kier molecular flexibility index (Phi) is 6.64. The molecule has 0 saturated heterocycles. The van der Waals surface area contributed by atoms with Crippen LogP contribution in [-0.4, -0.2) is 43.9 Å². The Balaban J connectivity index is 2.36. The zero-order valence-corrected chi connectivity index (χ0v) is 16.3. The van der Waals surface area contributed by atoms with Crippen molar-refractivity contribution in [2.75, 3.05) is 37.4 Å². The van der Waals surface area contributed by atoms with Crippen LogP contribution in [0, 0.1) is 0 Å². The van der Waals surface area contributed by atoms with E-state index in [4.69, 9.17) is 11.6 Å². The lowest BCUT2D eigenvalue weighted by atomic mass is 10.1. The van der Waals surface area contributed by atoms with Crippen LogP contribution < -0.4 is 10.2 Å². The molecule has 2 rings (SSSR count). The molecule has 0 aromatic heterocycles. The van der Waals surface area contributed by atoms with Crippen LogP contribution in [0.2, 0.25) is 5.02 Å². The maximum absolute atomic E-state index is 12.9. The lowest BCUT2D eigenvalue weighted by molar-refractivity contribution is 0.0773.